The highest BCUT2D eigenvalue weighted by Gasteiger charge is 2.18. The Balaban J connectivity index is 1.63. The lowest BCUT2D eigenvalue weighted by molar-refractivity contribution is -0.385. The van der Waals surface area contributed by atoms with Crippen LogP contribution in [0.15, 0.2) is 64.0 Å². The third-order valence-corrected chi connectivity index (χ3v) is 4.93. The number of nitro groups is 1. The van der Waals surface area contributed by atoms with Crippen molar-refractivity contribution in [2.75, 3.05) is 6.54 Å². The lowest BCUT2D eigenvalue weighted by Gasteiger charge is -2.05. The largest absolute Gasteiger partial charge is 0.339 e. The van der Waals surface area contributed by atoms with Crippen LogP contribution in [0.2, 0.25) is 0 Å². The van der Waals surface area contributed by atoms with Gasteiger partial charge in [0.15, 0.2) is 0 Å². The first-order valence-electron chi connectivity index (χ1n) is 7.58. The number of benzene rings is 2. The predicted octanol–water partition coefficient (Wildman–Crippen LogP) is 2.17. The second-order valence-electron chi connectivity index (χ2n) is 5.28. The maximum absolute atomic E-state index is 12.2. The number of nitrogens with zero attached hydrogens (tertiary/aromatic N) is 3. The number of nitrogens with one attached hydrogen (secondary N) is 1. The molecule has 1 aromatic heterocycles. The lowest BCUT2D eigenvalue weighted by atomic mass is 10.2. The fourth-order valence-corrected chi connectivity index (χ4v) is 3.27. The van der Waals surface area contributed by atoms with Gasteiger partial charge >= 0.3 is 0 Å². The van der Waals surface area contributed by atoms with Gasteiger partial charge in [0, 0.05) is 30.7 Å². The van der Waals surface area contributed by atoms with Gasteiger partial charge in [-0.2, -0.15) is 4.98 Å². The summed E-state index contributed by atoms with van der Waals surface area (Å²) >= 11 is 0. The first-order chi connectivity index (χ1) is 12.5. The maximum atomic E-state index is 12.2. The Morgan fingerprint density at radius 2 is 1.88 bits per heavy atom. The third-order valence-electron chi connectivity index (χ3n) is 3.47. The average molecular weight is 374 g/mol. The molecule has 2 aromatic carbocycles. The number of hydrogen-bond acceptors (Lipinski definition) is 7. The number of non-ortho nitro benzene ring substituents is 1. The molecule has 10 heteroatoms. The van der Waals surface area contributed by atoms with E-state index in [-0.39, 0.29) is 29.4 Å². The van der Waals surface area contributed by atoms with Crippen LogP contribution >= 0.6 is 0 Å². The van der Waals surface area contributed by atoms with Gasteiger partial charge in [-0.15, -0.1) is 0 Å². The smallest absolute Gasteiger partial charge is 0.270 e. The van der Waals surface area contributed by atoms with Crippen molar-refractivity contribution >= 4 is 15.7 Å². The van der Waals surface area contributed by atoms with Crippen molar-refractivity contribution < 1.29 is 17.9 Å². The van der Waals surface area contributed by atoms with Crippen LogP contribution in [0.4, 0.5) is 5.69 Å². The number of rotatable bonds is 7. The fraction of sp³-hybridized carbons (Fsp3) is 0.125. The van der Waals surface area contributed by atoms with Gasteiger partial charge in [0.05, 0.1) is 9.82 Å². The fourth-order valence-electron chi connectivity index (χ4n) is 2.20. The first kappa shape index (κ1) is 17.7. The highest BCUT2D eigenvalue weighted by atomic mass is 32.2. The number of hydrogen-bond donors (Lipinski definition) is 1. The summed E-state index contributed by atoms with van der Waals surface area (Å²) in [5.74, 6) is 0.702. The Labute approximate surface area is 148 Å². The average Bonchev–Trinajstić information content (AvgIpc) is 3.11. The summed E-state index contributed by atoms with van der Waals surface area (Å²) in [5, 5.41) is 14.6. The Hall–Kier alpha value is -3.11. The minimum Gasteiger partial charge on any atom is -0.339 e. The molecule has 0 spiro atoms. The van der Waals surface area contributed by atoms with Crippen LogP contribution in [0.1, 0.15) is 5.89 Å². The van der Waals surface area contributed by atoms with Crippen LogP contribution < -0.4 is 4.72 Å². The van der Waals surface area contributed by atoms with Crippen LogP contribution in [0.3, 0.4) is 0 Å². The van der Waals surface area contributed by atoms with E-state index < -0.39 is 14.9 Å². The van der Waals surface area contributed by atoms with Crippen LogP contribution in [-0.4, -0.2) is 30.0 Å². The molecule has 0 saturated carbocycles. The molecule has 1 heterocycles. The molecule has 0 fully saturated rings. The van der Waals surface area contributed by atoms with Crippen molar-refractivity contribution in [3.05, 3.63) is 70.6 Å². The van der Waals surface area contributed by atoms with E-state index in [0.717, 1.165) is 11.6 Å². The molecule has 9 nitrogen and oxygen atoms in total. The third kappa shape index (κ3) is 4.10. The van der Waals surface area contributed by atoms with Crippen molar-refractivity contribution in [3.8, 4) is 11.4 Å². The van der Waals surface area contributed by atoms with E-state index in [0.29, 0.717) is 5.82 Å². The molecule has 0 unspecified atom stereocenters. The molecule has 3 rings (SSSR count). The molecular formula is C16H14N4O5S. The van der Waals surface area contributed by atoms with Crippen molar-refractivity contribution in [2.45, 2.75) is 11.3 Å². The second kappa shape index (κ2) is 7.42. The van der Waals surface area contributed by atoms with Gasteiger partial charge in [0.25, 0.3) is 5.69 Å². The van der Waals surface area contributed by atoms with Gasteiger partial charge in [0.1, 0.15) is 0 Å². The van der Waals surface area contributed by atoms with Crippen LogP contribution in [0, 0.1) is 10.1 Å². The van der Waals surface area contributed by atoms with Crippen LogP contribution in [0.25, 0.3) is 11.4 Å². The quantitative estimate of drug-likeness (QED) is 0.495. The minimum atomic E-state index is -3.88. The van der Waals surface area contributed by atoms with Gasteiger partial charge in [-0.3, -0.25) is 10.1 Å². The molecule has 0 amide bonds. The standard InChI is InChI=1S/C16H14N4O5S/c21-20(22)13-7-4-8-14(11-13)26(23,24)17-10-9-15-18-16(19-25-15)12-5-2-1-3-6-12/h1-8,11,17H,9-10H2. The van der Waals surface area contributed by atoms with Crippen molar-refractivity contribution in [2.24, 2.45) is 0 Å². The second-order valence-corrected chi connectivity index (χ2v) is 7.05. The molecule has 0 atom stereocenters. The Morgan fingerprint density at radius 3 is 2.62 bits per heavy atom. The van der Waals surface area contributed by atoms with Gasteiger partial charge < -0.3 is 4.52 Å². The van der Waals surface area contributed by atoms with Crippen molar-refractivity contribution in [1.29, 1.82) is 0 Å². The summed E-state index contributed by atoms with van der Waals surface area (Å²) in [7, 11) is -3.88. The van der Waals surface area contributed by atoms with Crippen molar-refractivity contribution in [1.82, 2.24) is 14.9 Å². The molecule has 0 aliphatic carbocycles. The molecular weight excluding hydrogens is 360 g/mol. The molecule has 0 aliphatic rings. The van der Waals surface area contributed by atoms with E-state index >= 15 is 0 Å². The summed E-state index contributed by atoms with van der Waals surface area (Å²) in [4.78, 5) is 14.1. The van der Waals surface area contributed by atoms with Crippen LogP contribution in [0.5, 0.6) is 0 Å². The normalized spacial score (nSPS) is 11.4. The molecule has 0 bridgehead atoms. The predicted molar refractivity (Wildman–Crippen MR) is 91.7 cm³/mol. The highest BCUT2D eigenvalue weighted by Crippen LogP contribution is 2.17. The van der Waals surface area contributed by atoms with Crippen molar-refractivity contribution in [3.63, 3.8) is 0 Å². The van der Waals surface area contributed by atoms with Gasteiger partial charge in [0.2, 0.25) is 21.7 Å². The maximum Gasteiger partial charge on any atom is 0.270 e. The van der Waals surface area contributed by atoms with E-state index in [1.165, 1.54) is 18.2 Å². The van der Waals surface area contributed by atoms with E-state index in [1.54, 1.807) is 0 Å². The van der Waals surface area contributed by atoms with Gasteiger partial charge in [-0.1, -0.05) is 41.6 Å². The molecule has 0 saturated heterocycles. The van der Waals surface area contributed by atoms with Gasteiger partial charge in [-0.05, 0) is 6.07 Å². The molecule has 3 aromatic rings. The lowest BCUT2D eigenvalue weighted by Crippen LogP contribution is -2.26. The SMILES string of the molecule is O=[N+]([O-])c1cccc(S(=O)(=O)NCCc2nc(-c3ccccc3)no2)c1. The first-order valence-corrected chi connectivity index (χ1v) is 9.06. The molecule has 26 heavy (non-hydrogen) atoms. The number of sulfonamides is 1. The zero-order chi connectivity index (χ0) is 18.6. The Kier molecular flexibility index (Phi) is 5.05. The monoisotopic (exact) mass is 374 g/mol. The zero-order valence-electron chi connectivity index (χ0n) is 13.4. The summed E-state index contributed by atoms with van der Waals surface area (Å²) in [5.41, 5.74) is 0.497. The Morgan fingerprint density at radius 1 is 1.12 bits per heavy atom. The molecule has 134 valence electrons. The summed E-state index contributed by atoms with van der Waals surface area (Å²) in [6.07, 6.45) is 0.188. The Bertz CT molecular complexity index is 1020. The molecule has 0 radical (unpaired) electrons. The molecule has 1 N–H and O–H groups in total. The summed E-state index contributed by atoms with van der Waals surface area (Å²) in [6.45, 7) is 0.0153. The zero-order valence-corrected chi connectivity index (χ0v) is 14.2. The number of aromatic nitrogens is 2. The molecule has 0 aliphatic heterocycles. The van der Waals surface area contributed by atoms with Crippen LogP contribution in [-0.2, 0) is 16.4 Å². The minimum absolute atomic E-state index is 0.0153. The highest BCUT2D eigenvalue weighted by molar-refractivity contribution is 7.89. The van der Waals surface area contributed by atoms with E-state index in [2.05, 4.69) is 14.9 Å². The van der Waals surface area contributed by atoms with Gasteiger partial charge in [-0.25, -0.2) is 13.1 Å². The van der Waals surface area contributed by atoms with E-state index in [1.807, 2.05) is 30.3 Å². The van der Waals surface area contributed by atoms with E-state index in [4.69, 9.17) is 4.52 Å². The topological polar surface area (TPSA) is 128 Å². The van der Waals surface area contributed by atoms with E-state index in [9.17, 15) is 18.5 Å². The summed E-state index contributed by atoms with van der Waals surface area (Å²) in [6, 6.07) is 14.1. The number of nitro benzene ring substituents is 1. The summed E-state index contributed by atoms with van der Waals surface area (Å²) < 4.78 is 31.9.